The van der Waals surface area contributed by atoms with E-state index in [1.807, 2.05) is 0 Å². The fourth-order valence-electron chi connectivity index (χ4n) is 2.46. The van der Waals surface area contributed by atoms with Crippen LogP contribution >= 0.6 is 0 Å². The lowest BCUT2D eigenvalue weighted by Crippen LogP contribution is -2.54. The summed E-state index contributed by atoms with van der Waals surface area (Å²) < 4.78 is 16.4. The molecule has 0 spiro atoms. The number of anilines is 1. The second-order valence-corrected chi connectivity index (χ2v) is 7.32. The number of nitrogens with zero attached hydrogens (tertiary/aromatic N) is 1. The Morgan fingerprint density at radius 3 is 1.83 bits per heavy atom. The standard InChI is InChI=1S/C13H21NO3Si/c1-15-18(16-2,17-3)13-8-6-12(7-9-13)14-10-4-5-11-14/h6-9H,4-5,10-11H2,1-3H3. The van der Waals surface area contributed by atoms with Crippen molar-refractivity contribution < 1.29 is 13.3 Å². The van der Waals surface area contributed by atoms with Crippen LogP contribution in [0.3, 0.4) is 0 Å². The molecular formula is C13H21NO3Si. The van der Waals surface area contributed by atoms with E-state index in [1.165, 1.54) is 18.5 Å². The Morgan fingerprint density at radius 1 is 0.889 bits per heavy atom. The molecule has 5 heteroatoms. The summed E-state index contributed by atoms with van der Waals surface area (Å²) in [6.45, 7) is 2.31. The maximum Gasteiger partial charge on any atom is 0.536 e. The smallest absolute Gasteiger partial charge is 0.373 e. The highest BCUT2D eigenvalue weighted by molar-refractivity contribution is 6.75. The summed E-state index contributed by atoms with van der Waals surface area (Å²) in [5.74, 6) is 0. The zero-order chi connectivity index (χ0) is 13.0. The summed E-state index contributed by atoms with van der Waals surface area (Å²) in [7, 11) is 2.22. The quantitative estimate of drug-likeness (QED) is 0.754. The largest absolute Gasteiger partial charge is 0.536 e. The first-order valence-electron chi connectivity index (χ1n) is 6.26. The third-order valence-electron chi connectivity index (χ3n) is 3.50. The fraction of sp³-hybridized carbons (Fsp3) is 0.538. The maximum atomic E-state index is 5.47. The van der Waals surface area contributed by atoms with Gasteiger partial charge in [0.15, 0.2) is 0 Å². The van der Waals surface area contributed by atoms with Gasteiger partial charge in [-0.2, -0.15) is 0 Å². The molecule has 0 saturated carbocycles. The summed E-state index contributed by atoms with van der Waals surface area (Å²) >= 11 is 0. The van der Waals surface area contributed by atoms with E-state index >= 15 is 0 Å². The molecule has 2 rings (SSSR count). The SMILES string of the molecule is CO[Si](OC)(OC)c1ccc(N2CCCC2)cc1. The van der Waals surface area contributed by atoms with Crippen LogP contribution in [-0.4, -0.2) is 43.2 Å². The lowest BCUT2D eigenvalue weighted by molar-refractivity contribution is 0.140. The molecule has 1 aromatic rings. The van der Waals surface area contributed by atoms with E-state index in [0.717, 1.165) is 18.3 Å². The zero-order valence-corrected chi connectivity index (χ0v) is 12.3. The van der Waals surface area contributed by atoms with Crippen molar-refractivity contribution in [3.8, 4) is 0 Å². The van der Waals surface area contributed by atoms with Gasteiger partial charge in [0.05, 0.1) is 0 Å². The molecule has 0 aliphatic carbocycles. The molecule has 0 radical (unpaired) electrons. The van der Waals surface area contributed by atoms with Crippen molar-refractivity contribution in [2.75, 3.05) is 39.3 Å². The van der Waals surface area contributed by atoms with Gasteiger partial charge in [-0.15, -0.1) is 0 Å². The van der Waals surface area contributed by atoms with Gasteiger partial charge in [0.25, 0.3) is 0 Å². The van der Waals surface area contributed by atoms with Crippen LogP contribution in [0.25, 0.3) is 0 Å². The van der Waals surface area contributed by atoms with Crippen molar-refractivity contribution in [3.63, 3.8) is 0 Å². The minimum absolute atomic E-state index is 0.998. The number of benzene rings is 1. The van der Waals surface area contributed by atoms with Crippen molar-refractivity contribution in [2.45, 2.75) is 12.8 Å². The second-order valence-electron chi connectivity index (χ2n) is 4.41. The first-order chi connectivity index (χ1) is 8.75. The molecular weight excluding hydrogens is 246 g/mol. The van der Waals surface area contributed by atoms with Crippen molar-refractivity contribution in [3.05, 3.63) is 24.3 Å². The van der Waals surface area contributed by atoms with E-state index in [0.29, 0.717) is 0 Å². The van der Waals surface area contributed by atoms with Gasteiger partial charge in [-0.1, -0.05) is 12.1 Å². The molecule has 0 amide bonds. The van der Waals surface area contributed by atoms with Gasteiger partial charge in [0, 0.05) is 45.3 Å². The maximum absolute atomic E-state index is 5.47. The number of hydrogen-bond donors (Lipinski definition) is 0. The second kappa shape index (κ2) is 5.84. The molecule has 1 aliphatic heterocycles. The summed E-state index contributed by atoms with van der Waals surface area (Å²) in [4.78, 5) is 2.40. The van der Waals surface area contributed by atoms with Crippen LogP contribution in [-0.2, 0) is 13.3 Å². The zero-order valence-electron chi connectivity index (χ0n) is 11.3. The predicted molar refractivity (Wildman–Crippen MR) is 74.3 cm³/mol. The van der Waals surface area contributed by atoms with E-state index in [2.05, 4.69) is 29.2 Å². The molecule has 0 bridgehead atoms. The Kier molecular flexibility index (Phi) is 4.39. The van der Waals surface area contributed by atoms with Gasteiger partial charge in [0.1, 0.15) is 0 Å². The highest BCUT2D eigenvalue weighted by atomic mass is 28.4. The molecule has 0 aromatic heterocycles. The molecule has 1 aromatic carbocycles. The highest BCUT2D eigenvalue weighted by Crippen LogP contribution is 2.19. The van der Waals surface area contributed by atoms with E-state index in [4.69, 9.17) is 13.3 Å². The Hall–Kier alpha value is -0.883. The lowest BCUT2D eigenvalue weighted by atomic mass is 10.3. The van der Waals surface area contributed by atoms with Gasteiger partial charge in [-0.25, -0.2) is 0 Å². The molecule has 1 aliphatic rings. The van der Waals surface area contributed by atoms with E-state index in [9.17, 15) is 0 Å². The molecule has 18 heavy (non-hydrogen) atoms. The molecule has 0 unspecified atom stereocenters. The minimum atomic E-state index is -2.67. The normalized spacial score (nSPS) is 16.3. The molecule has 4 nitrogen and oxygen atoms in total. The van der Waals surface area contributed by atoms with Crippen molar-refractivity contribution in [1.82, 2.24) is 0 Å². The first-order valence-corrected chi connectivity index (χ1v) is 7.99. The van der Waals surface area contributed by atoms with Crippen LogP contribution in [0.1, 0.15) is 12.8 Å². The fourth-order valence-corrected chi connectivity index (χ4v) is 4.24. The van der Waals surface area contributed by atoms with Gasteiger partial charge in [-0.3, -0.25) is 0 Å². The summed E-state index contributed by atoms with van der Waals surface area (Å²) in [5, 5.41) is 0.998. The Bertz CT molecular complexity index is 364. The lowest BCUT2D eigenvalue weighted by Gasteiger charge is -2.25. The van der Waals surface area contributed by atoms with Crippen molar-refractivity contribution in [2.24, 2.45) is 0 Å². The first kappa shape index (κ1) is 13.5. The number of rotatable bonds is 5. The Morgan fingerprint density at radius 2 is 1.39 bits per heavy atom. The monoisotopic (exact) mass is 267 g/mol. The van der Waals surface area contributed by atoms with Crippen LogP contribution in [0.2, 0.25) is 0 Å². The highest BCUT2D eigenvalue weighted by Gasteiger charge is 2.40. The molecule has 0 atom stereocenters. The molecule has 1 saturated heterocycles. The third kappa shape index (κ3) is 2.44. The molecule has 100 valence electrons. The topological polar surface area (TPSA) is 30.9 Å². The van der Waals surface area contributed by atoms with Crippen LogP contribution in [0.4, 0.5) is 5.69 Å². The van der Waals surface area contributed by atoms with Crippen molar-refractivity contribution >= 4 is 19.7 Å². The Labute approximate surface area is 110 Å². The van der Waals surface area contributed by atoms with Crippen LogP contribution in [0, 0.1) is 0 Å². The average molecular weight is 267 g/mol. The van der Waals surface area contributed by atoms with Gasteiger partial charge in [0.2, 0.25) is 0 Å². The summed E-state index contributed by atoms with van der Waals surface area (Å²) in [6, 6.07) is 8.35. The number of hydrogen-bond acceptors (Lipinski definition) is 4. The predicted octanol–water partition coefficient (Wildman–Crippen LogP) is 1.37. The minimum Gasteiger partial charge on any atom is -0.373 e. The van der Waals surface area contributed by atoms with Gasteiger partial charge < -0.3 is 18.2 Å². The van der Waals surface area contributed by atoms with E-state index in [1.54, 1.807) is 21.3 Å². The van der Waals surface area contributed by atoms with Crippen LogP contribution in [0.5, 0.6) is 0 Å². The summed E-state index contributed by atoms with van der Waals surface area (Å²) in [6.07, 6.45) is 2.57. The van der Waals surface area contributed by atoms with Gasteiger partial charge in [-0.05, 0) is 25.0 Å². The molecule has 0 N–H and O–H groups in total. The summed E-state index contributed by atoms with van der Waals surface area (Å²) in [5.41, 5.74) is 1.27. The average Bonchev–Trinajstić information content (AvgIpc) is 2.96. The van der Waals surface area contributed by atoms with Crippen LogP contribution < -0.4 is 10.1 Å². The molecule has 1 fully saturated rings. The Balaban J connectivity index is 2.20. The van der Waals surface area contributed by atoms with E-state index < -0.39 is 8.80 Å². The van der Waals surface area contributed by atoms with Crippen LogP contribution in [0.15, 0.2) is 24.3 Å². The van der Waals surface area contributed by atoms with E-state index in [-0.39, 0.29) is 0 Å². The van der Waals surface area contributed by atoms with Crippen molar-refractivity contribution in [1.29, 1.82) is 0 Å². The molecule has 1 heterocycles. The van der Waals surface area contributed by atoms with Gasteiger partial charge >= 0.3 is 8.80 Å². The third-order valence-corrected chi connectivity index (χ3v) is 6.15.